The third-order valence-electron chi connectivity index (χ3n) is 3.63. The molecule has 3 heterocycles. The molecule has 0 unspecified atom stereocenters. The molecule has 6 nitrogen and oxygen atoms in total. The van der Waals surface area contributed by atoms with Gasteiger partial charge in [0.05, 0.1) is 23.9 Å². The average Bonchev–Trinajstić information content (AvgIpc) is 3.09. The molecular formula is C16H20N4O2S. The van der Waals surface area contributed by atoms with Crippen LogP contribution in [0.4, 0.5) is 0 Å². The number of nitrogens with zero attached hydrogens (tertiary/aromatic N) is 2. The van der Waals surface area contributed by atoms with Crippen molar-refractivity contribution in [2.75, 3.05) is 26.3 Å². The molecule has 1 aliphatic heterocycles. The number of ether oxygens (including phenoxy) is 1. The number of aromatic nitrogens is 2. The zero-order chi connectivity index (χ0) is 15.9. The van der Waals surface area contributed by atoms with Gasteiger partial charge in [-0.15, -0.1) is 11.3 Å². The number of morpholine rings is 1. The molecule has 7 heteroatoms. The fourth-order valence-corrected chi connectivity index (χ4v) is 3.24. The van der Waals surface area contributed by atoms with Crippen molar-refractivity contribution in [2.24, 2.45) is 0 Å². The fourth-order valence-electron chi connectivity index (χ4n) is 2.39. The number of carbonyl (C=O) groups excluding carboxylic acids is 1. The van der Waals surface area contributed by atoms with E-state index in [1.54, 1.807) is 23.7 Å². The molecule has 122 valence electrons. The molecule has 1 saturated heterocycles. The molecule has 0 aromatic carbocycles. The van der Waals surface area contributed by atoms with E-state index in [4.69, 9.17) is 4.74 Å². The highest BCUT2D eigenvalue weighted by Crippen LogP contribution is 2.21. The van der Waals surface area contributed by atoms with Crippen molar-refractivity contribution in [1.82, 2.24) is 20.6 Å². The Hall–Kier alpha value is -1.83. The van der Waals surface area contributed by atoms with Gasteiger partial charge >= 0.3 is 0 Å². The normalized spacial score (nSPS) is 17.8. The molecule has 1 atom stereocenters. The fraction of sp³-hybridized carbons (Fsp3) is 0.438. The number of thiazole rings is 1. The van der Waals surface area contributed by atoms with Crippen LogP contribution in [0.5, 0.6) is 0 Å². The summed E-state index contributed by atoms with van der Waals surface area (Å²) < 4.78 is 5.29. The van der Waals surface area contributed by atoms with Gasteiger partial charge in [0.2, 0.25) is 5.91 Å². The Balaban J connectivity index is 1.41. The van der Waals surface area contributed by atoms with Crippen LogP contribution in [-0.4, -0.2) is 48.2 Å². The molecule has 1 fully saturated rings. The number of pyridine rings is 1. The van der Waals surface area contributed by atoms with E-state index in [0.29, 0.717) is 19.8 Å². The standard InChI is InChI=1S/C16H20N4O2S/c21-16(13-10-22-9-8-18-13)19-5-1-2-15-20-14(11-23-15)12-3-6-17-7-4-12/h3-4,6-7,11,13,18H,1-2,5,8-10H2,(H,19,21)/t13-/m1/s1. The predicted molar refractivity (Wildman–Crippen MR) is 89.3 cm³/mol. The Morgan fingerprint density at radius 2 is 2.30 bits per heavy atom. The number of rotatable bonds is 6. The van der Waals surface area contributed by atoms with Crippen LogP contribution in [0.25, 0.3) is 11.3 Å². The highest BCUT2D eigenvalue weighted by molar-refractivity contribution is 7.09. The topological polar surface area (TPSA) is 76.1 Å². The molecule has 2 N–H and O–H groups in total. The lowest BCUT2D eigenvalue weighted by Gasteiger charge is -2.22. The maximum absolute atomic E-state index is 11.9. The number of hydrogen-bond donors (Lipinski definition) is 2. The largest absolute Gasteiger partial charge is 0.378 e. The van der Waals surface area contributed by atoms with Crippen LogP contribution in [0.1, 0.15) is 11.4 Å². The highest BCUT2D eigenvalue weighted by Gasteiger charge is 2.20. The van der Waals surface area contributed by atoms with Crippen molar-refractivity contribution in [1.29, 1.82) is 0 Å². The van der Waals surface area contributed by atoms with E-state index in [-0.39, 0.29) is 11.9 Å². The second kappa shape index (κ2) is 8.14. The average molecular weight is 332 g/mol. The van der Waals surface area contributed by atoms with Gasteiger partial charge in [0.25, 0.3) is 0 Å². The molecule has 0 saturated carbocycles. The lowest BCUT2D eigenvalue weighted by molar-refractivity contribution is -0.125. The minimum atomic E-state index is -0.220. The summed E-state index contributed by atoms with van der Waals surface area (Å²) in [4.78, 5) is 20.6. The quantitative estimate of drug-likeness (QED) is 0.779. The zero-order valence-electron chi connectivity index (χ0n) is 12.8. The van der Waals surface area contributed by atoms with Crippen LogP contribution in [-0.2, 0) is 16.0 Å². The number of aryl methyl sites for hydroxylation is 1. The molecule has 1 amide bonds. The van der Waals surface area contributed by atoms with Crippen LogP contribution in [0.3, 0.4) is 0 Å². The number of carbonyl (C=O) groups is 1. The van der Waals surface area contributed by atoms with E-state index < -0.39 is 0 Å². The van der Waals surface area contributed by atoms with E-state index in [0.717, 1.165) is 35.7 Å². The van der Waals surface area contributed by atoms with Crippen molar-refractivity contribution in [3.8, 4) is 11.3 Å². The van der Waals surface area contributed by atoms with Crippen molar-refractivity contribution < 1.29 is 9.53 Å². The van der Waals surface area contributed by atoms with Gasteiger partial charge in [-0.1, -0.05) is 0 Å². The molecule has 2 aromatic heterocycles. The van der Waals surface area contributed by atoms with Crippen molar-refractivity contribution >= 4 is 17.2 Å². The Labute approximate surface area is 139 Å². The van der Waals surface area contributed by atoms with Gasteiger partial charge < -0.3 is 15.4 Å². The number of hydrogen-bond acceptors (Lipinski definition) is 6. The maximum atomic E-state index is 11.9. The van der Waals surface area contributed by atoms with Crippen LogP contribution < -0.4 is 10.6 Å². The first-order valence-electron chi connectivity index (χ1n) is 7.76. The first kappa shape index (κ1) is 16.0. The molecule has 0 bridgehead atoms. The predicted octanol–water partition coefficient (Wildman–Crippen LogP) is 1.24. The Morgan fingerprint density at radius 1 is 1.43 bits per heavy atom. The lowest BCUT2D eigenvalue weighted by Crippen LogP contribution is -2.51. The van der Waals surface area contributed by atoms with E-state index in [1.807, 2.05) is 12.1 Å². The van der Waals surface area contributed by atoms with Gasteiger partial charge in [-0.05, 0) is 18.6 Å². The van der Waals surface area contributed by atoms with Gasteiger partial charge in [0, 0.05) is 42.8 Å². The lowest BCUT2D eigenvalue weighted by atomic mass is 10.2. The van der Waals surface area contributed by atoms with Crippen molar-refractivity contribution in [2.45, 2.75) is 18.9 Å². The summed E-state index contributed by atoms with van der Waals surface area (Å²) in [6.07, 6.45) is 5.28. The molecule has 0 spiro atoms. The van der Waals surface area contributed by atoms with Crippen LogP contribution >= 0.6 is 11.3 Å². The first-order valence-corrected chi connectivity index (χ1v) is 8.64. The Morgan fingerprint density at radius 3 is 3.09 bits per heavy atom. The highest BCUT2D eigenvalue weighted by atomic mass is 32.1. The summed E-state index contributed by atoms with van der Waals surface area (Å²) in [5, 5.41) is 9.24. The smallest absolute Gasteiger partial charge is 0.239 e. The summed E-state index contributed by atoms with van der Waals surface area (Å²) in [7, 11) is 0. The van der Waals surface area contributed by atoms with E-state index in [2.05, 4.69) is 26.0 Å². The van der Waals surface area contributed by atoms with E-state index >= 15 is 0 Å². The maximum Gasteiger partial charge on any atom is 0.239 e. The molecule has 3 rings (SSSR count). The van der Waals surface area contributed by atoms with E-state index in [1.165, 1.54) is 0 Å². The number of amides is 1. The summed E-state index contributed by atoms with van der Waals surface area (Å²) in [6, 6.07) is 3.69. The minimum absolute atomic E-state index is 0.0151. The van der Waals surface area contributed by atoms with Crippen molar-refractivity contribution in [3.63, 3.8) is 0 Å². The molecular weight excluding hydrogens is 312 g/mol. The second-order valence-electron chi connectivity index (χ2n) is 5.34. The van der Waals surface area contributed by atoms with Crippen LogP contribution in [0.15, 0.2) is 29.9 Å². The Kier molecular flexibility index (Phi) is 5.68. The molecule has 1 aliphatic rings. The van der Waals surface area contributed by atoms with Crippen LogP contribution in [0, 0.1) is 0 Å². The van der Waals surface area contributed by atoms with Gasteiger partial charge in [-0.2, -0.15) is 0 Å². The van der Waals surface area contributed by atoms with Gasteiger partial charge in [0.1, 0.15) is 6.04 Å². The third-order valence-corrected chi connectivity index (χ3v) is 4.54. The second-order valence-corrected chi connectivity index (χ2v) is 6.28. The monoisotopic (exact) mass is 332 g/mol. The number of nitrogens with one attached hydrogen (secondary N) is 2. The van der Waals surface area contributed by atoms with Gasteiger partial charge in [-0.25, -0.2) is 4.98 Å². The molecule has 2 aromatic rings. The summed E-state index contributed by atoms with van der Waals surface area (Å²) in [5.41, 5.74) is 2.07. The van der Waals surface area contributed by atoms with E-state index in [9.17, 15) is 4.79 Å². The van der Waals surface area contributed by atoms with Gasteiger partial charge in [-0.3, -0.25) is 9.78 Å². The SMILES string of the molecule is O=C(NCCCc1nc(-c2ccncc2)cs1)[C@H]1COCCN1. The van der Waals surface area contributed by atoms with Crippen molar-refractivity contribution in [3.05, 3.63) is 34.9 Å². The minimum Gasteiger partial charge on any atom is -0.378 e. The zero-order valence-corrected chi connectivity index (χ0v) is 13.6. The molecule has 0 aliphatic carbocycles. The summed E-state index contributed by atoms with van der Waals surface area (Å²) in [5.74, 6) is 0.0151. The molecule has 23 heavy (non-hydrogen) atoms. The van der Waals surface area contributed by atoms with Crippen LogP contribution in [0.2, 0.25) is 0 Å². The Bertz CT molecular complexity index is 626. The van der Waals surface area contributed by atoms with Gasteiger partial charge in [0.15, 0.2) is 0 Å². The summed E-state index contributed by atoms with van der Waals surface area (Å²) >= 11 is 1.65. The third kappa shape index (κ3) is 4.57. The summed E-state index contributed by atoms with van der Waals surface area (Å²) in [6.45, 7) is 2.51. The first-order chi connectivity index (χ1) is 11.3. The molecule has 0 radical (unpaired) electrons.